The molecule has 2 heterocycles. The SMILES string of the molecule is O=C(Nc1ccc(CC(=O)N2CCN(c3ncccn3)CC2)cc1)c1ccc([N+](=O)[O-])cc1. The number of amides is 2. The standard InChI is InChI=1S/C23H22N6O4/c30-21(27-12-14-28(15-13-27)23-24-10-1-11-25-23)16-17-2-6-19(7-3-17)26-22(31)18-4-8-20(9-5-18)29(32)33/h1-11H,12-16H2,(H,26,31). The number of nitrogens with one attached hydrogen (secondary N) is 1. The molecule has 0 unspecified atom stereocenters. The Morgan fingerprint density at radius 2 is 1.58 bits per heavy atom. The van der Waals surface area contributed by atoms with Crippen molar-refractivity contribution in [3.05, 3.63) is 88.2 Å². The van der Waals surface area contributed by atoms with Gasteiger partial charge in [-0.1, -0.05) is 12.1 Å². The van der Waals surface area contributed by atoms with Crippen LogP contribution < -0.4 is 10.2 Å². The van der Waals surface area contributed by atoms with E-state index in [-0.39, 0.29) is 23.9 Å². The number of piperazine rings is 1. The van der Waals surface area contributed by atoms with Crippen LogP contribution in [0.25, 0.3) is 0 Å². The van der Waals surface area contributed by atoms with E-state index >= 15 is 0 Å². The number of nitrogens with zero attached hydrogens (tertiary/aromatic N) is 5. The van der Waals surface area contributed by atoms with Crippen LogP contribution in [0.1, 0.15) is 15.9 Å². The van der Waals surface area contributed by atoms with Gasteiger partial charge >= 0.3 is 0 Å². The Hall–Kier alpha value is -4.34. The maximum absolute atomic E-state index is 12.7. The summed E-state index contributed by atoms with van der Waals surface area (Å²) in [6, 6.07) is 14.2. The number of anilines is 2. The lowest BCUT2D eigenvalue weighted by atomic mass is 10.1. The first-order chi connectivity index (χ1) is 16.0. The van der Waals surface area contributed by atoms with Crippen LogP contribution in [0.4, 0.5) is 17.3 Å². The lowest BCUT2D eigenvalue weighted by Crippen LogP contribution is -2.49. The molecule has 1 aliphatic rings. The van der Waals surface area contributed by atoms with E-state index in [2.05, 4.69) is 20.2 Å². The number of nitro groups is 1. The summed E-state index contributed by atoms with van der Waals surface area (Å²) in [4.78, 5) is 47.6. The fourth-order valence-electron chi connectivity index (χ4n) is 3.54. The molecule has 10 nitrogen and oxygen atoms in total. The van der Waals surface area contributed by atoms with Crippen molar-refractivity contribution in [3.63, 3.8) is 0 Å². The van der Waals surface area contributed by atoms with Gasteiger partial charge in [0, 0.05) is 62.0 Å². The van der Waals surface area contributed by atoms with Crippen LogP contribution in [-0.4, -0.2) is 57.8 Å². The van der Waals surface area contributed by atoms with Gasteiger partial charge in [0.15, 0.2) is 0 Å². The van der Waals surface area contributed by atoms with E-state index in [1.54, 1.807) is 42.7 Å². The number of aromatic nitrogens is 2. The zero-order valence-corrected chi connectivity index (χ0v) is 17.8. The number of carbonyl (C=O) groups is 2. The number of rotatable bonds is 6. The molecule has 10 heteroatoms. The van der Waals surface area contributed by atoms with Crippen molar-refractivity contribution in [2.24, 2.45) is 0 Å². The summed E-state index contributed by atoms with van der Waals surface area (Å²) < 4.78 is 0. The fourth-order valence-corrected chi connectivity index (χ4v) is 3.54. The molecule has 33 heavy (non-hydrogen) atoms. The van der Waals surface area contributed by atoms with E-state index in [0.717, 1.165) is 5.56 Å². The van der Waals surface area contributed by atoms with Crippen LogP contribution in [0.3, 0.4) is 0 Å². The first kappa shape index (κ1) is 21.9. The quantitative estimate of drug-likeness (QED) is 0.456. The number of hydrogen-bond donors (Lipinski definition) is 1. The monoisotopic (exact) mass is 446 g/mol. The Morgan fingerprint density at radius 1 is 0.939 bits per heavy atom. The molecule has 2 amide bonds. The smallest absolute Gasteiger partial charge is 0.269 e. The normalized spacial score (nSPS) is 13.5. The second kappa shape index (κ2) is 9.86. The lowest BCUT2D eigenvalue weighted by Gasteiger charge is -2.34. The van der Waals surface area contributed by atoms with Gasteiger partial charge < -0.3 is 15.1 Å². The van der Waals surface area contributed by atoms with Gasteiger partial charge in [0.2, 0.25) is 11.9 Å². The van der Waals surface area contributed by atoms with Gasteiger partial charge in [0.1, 0.15) is 0 Å². The Balaban J connectivity index is 1.28. The van der Waals surface area contributed by atoms with Gasteiger partial charge in [-0.05, 0) is 35.9 Å². The number of non-ortho nitro benzene ring substituents is 1. The van der Waals surface area contributed by atoms with Crippen molar-refractivity contribution in [1.29, 1.82) is 0 Å². The number of nitro benzene ring substituents is 1. The Morgan fingerprint density at radius 3 is 2.18 bits per heavy atom. The van der Waals surface area contributed by atoms with Gasteiger partial charge in [-0.25, -0.2) is 9.97 Å². The molecule has 0 saturated carbocycles. The van der Waals surface area contributed by atoms with E-state index < -0.39 is 4.92 Å². The molecule has 0 aliphatic carbocycles. The molecule has 3 aromatic rings. The van der Waals surface area contributed by atoms with Crippen molar-refractivity contribution in [1.82, 2.24) is 14.9 Å². The maximum Gasteiger partial charge on any atom is 0.269 e. The fraction of sp³-hybridized carbons (Fsp3) is 0.217. The molecule has 1 aromatic heterocycles. The van der Waals surface area contributed by atoms with Crippen LogP contribution in [-0.2, 0) is 11.2 Å². The minimum absolute atomic E-state index is 0.0475. The van der Waals surface area contributed by atoms with E-state index in [1.807, 2.05) is 4.90 Å². The van der Waals surface area contributed by atoms with Crippen LogP contribution in [0.15, 0.2) is 67.0 Å². The molecule has 0 spiro atoms. The minimum Gasteiger partial charge on any atom is -0.339 e. The molecule has 1 N–H and O–H groups in total. The topological polar surface area (TPSA) is 122 Å². The van der Waals surface area contributed by atoms with Gasteiger partial charge in [-0.2, -0.15) is 0 Å². The first-order valence-corrected chi connectivity index (χ1v) is 10.4. The average molecular weight is 446 g/mol. The van der Waals surface area contributed by atoms with Gasteiger partial charge in [0.05, 0.1) is 11.3 Å². The highest BCUT2D eigenvalue weighted by Gasteiger charge is 2.22. The predicted octanol–water partition coefficient (Wildman–Crippen LogP) is 2.53. The highest BCUT2D eigenvalue weighted by molar-refractivity contribution is 6.04. The largest absolute Gasteiger partial charge is 0.339 e. The Kier molecular flexibility index (Phi) is 6.53. The maximum atomic E-state index is 12.7. The summed E-state index contributed by atoms with van der Waals surface area (Å²) in [6.07, 6.45) is 3.69. The molecule has 1 saturated heterocycles. The van der Waals surface area contributed by atoms with Crippen molar-refractivity contribution in [2.75, 3.05) is 36.4 Å². The summed E-state index contributed by atoms with van der Waals surface area (Å²) in [7, 11) is 0. The van der Waals surface area contributed by atoms with Crippen molar-refractivity contribution in [2.45, 2.75) is 6.42 Å². The molecule has 2 aromatic carbocycles. The minimum atomic E-state index is -0.515. The predicted molar refractivity (Wildman–Crippen MR) is 122 cm³/mol. The van der Waals surface area contributed by atoms with Crippen LogP contribution in [0, 0.1) is 10.1 Å². The average Bonchev–Trinajstić information content (AvgIpc) is 2.86. The molecule has 4 rings (SSSR count). The van der Waals surface area contributed by atoms with Crippen molar-refractivity contribution in [3.8, 4) is 0 Å². The van der Waals surface area contributed by atoms with Gasteiger partial charge in [-0.3, -0.25) is 19.7 Å². The molecule has 1 aliphatic heterocycles. The summed E-state index contributed by atoms with van der Waals surface area (Å²) >= 11 is 0. The summed E-state index contributed by atoms with van der Waals surface area (Å²) in [5, 5.41) is 13.5. The van der Waals surface area contributed by atoms with E-state index in [0.29, 0.717) is 43.4 Å². The third kappa shape index (κ3) is 5.48. The van der Waals surface area contributed by atoms with Crippen molar-refractivity contribution < 1.29 is 14.5 Å². The van der Waals surface area contributed by atoms with E-state index in [4.69, 9.17) is 0 Å². The molecule has 168 valence electrons. The molecule has 0 bridgehead atoms. The zero-order valence-electron chi connectivity index (χ0n) is 17.8. The third-order valence-corrected chi connectivity index (χ3v) is 5.37. The number of hydrogen-bond acceptors (Lipinski definition) is 7. The first-order valence-electron chi connectivity index (χ1n) is 10.4. The Bertz CT molecular complexity index is 1130. The zero-order chi connectivity index (χ0) is 23.2. The van der Waals surface area contributed by atoms with Gasteiger partial charge in [0.25, 0.3) is 11.6 Å². The number of benzene rings is 2. The second-order valence-electron chi connectivity index (χ2n) is 7.55. The molecular formula is C23H22N6O4. The van der Waals surface area contributed by atoms with Crippen LogP contribution >= 0.6 is 0 Å². The van der Waals surface area contributed by atoms with E-state index in [1.165, 1.54) is 24.3 Å². The third-order valence-electron chi connectivity index (χ3n) is 5.37. The summed E-state index contributed by atoms with van der Waals surface area (Å²) in [5.41, 5.74) is 1.67. The van der Waals surface area contributed by atoms with E-state index in [9.17, 15) is 19.7 Å². The van der Waals surface area contributed by atoms with Crippen LogP contribution in [0.2, 0.25) is 0 Å². The molecule has 1 fully saturated rings. The van der Waals surface area contributed by atoms with Crippen LogP contribution in [0.5, 0.6) is 0 Å². The Labute approximate surface area is 190 Å². The molecular weight excluding hydrogens is 424 g/mol. The highest BCUT2D eigenvalue weighted by Crippen LogP contribution is 2.16. The number of carbonyl (C=O) groups excluding carboxylic acids is 2. The lowest BCUT2D eigenvalue weighted by molar-refractivity contribution is -0.384. The van der Waals surface area contributed by atoms with Crippen molar-refractivity contribution >= 4 is 29.1 Å². The summed E-state index contributed by atoms with van der Waals surface area (Å²) in [6.45, 7) is 2.59. The highest BCUT2D eigenvalue weighted by atomic mass is 16.6. The molecule has 0 atom stereocenters. The van der Waals surface area contributed by atoms with Gasteiger partial charge in [-0.15, -0.1) is 0 Å². The molecule has 0 radical (unpaired) electrons. The second-order valence-corrected chi connectivity index (χ2v) is 7.55. The summed E-state index contributed by atoms with van der Waals surface area (Å²) in [5.74, 6) is 0.358.